The van der Waals surface area contributed by atoms with E-state index in [0.29, 0.717) is 5.54 Å². The van der Waals surface area contributed by atoms with E-state index in [1.165, 1.54) is 51.6 Å². The number of likely N-dealkylation sites (tertiary alicyclic amines) is 1. The van der Waals surface area contributed by atoms with Crippen molar-refractivity contribution in [1.29, 1.82) is 0 Å². The molecule has 0 spiro atoms. The Morgan fingerprint density at radius 2 is 2.00 bits per heavy atom. The highest BCUT2D eigenvalue weighted by Gasteiger charge is 2.40. The van der Waals surface area contributed by atoms with Crippen molar-refractivity contribution >= 4 is 0 Å². The van der Waals surface area contributed by atoms with E-state index in [-0.39, 0.29) is 0 Å². The predicted molar refractivity (Wildman–Crippen MR) is 78.6 cm³/mol. The summed E-state index contributed by atoms with van der Waals surface area (Å²) < 4.78 is 0. The molecular weight excluding hydrogens is 220 g/mol. The van der Waals surface area contributed by atoms with Crippen molar-refractivity contribution in [3.63, 3.8) is 0 Å². The lowest BCUT2D eigenvalue weighted by atomic mass is 9.87. The molecule has 2 N–H and O–H groups in total. The zero-order valence-electron chi connectivity index (χ0n) is 12.6. The molecule has 3 unspecified atom stereocenters. The van der Waals surface area contributed by atoms with Gasteiger partial charge >= 0.3 is 0 Å². The summed E-state index contributed by atoms with van der Waals surface area (Å²) in [4.78, 5) is 2.76. The Bertz CT molecular complexity index is 264. The van der Waals surface area contributed by atoms with E-state index in [1.807, 2.05) is 0 Å². The normalized spacial score (nSPS) is 39.2. The molecule has 3 atom stereocenters. The fourth-order valence-corrected chi connectivity index (χ4v) is 3.98. The van der Waals surface area contributed by atoms with Crippen molar-refractivity contribution in [1.82, 2.24) is 4.90 Å². The summed E-state index contributed by atoms with van der Waals surface area (Å²) in [5.74, 6) is 2.63. The van der Waals surface area contributed by atoms with E-state index >= 15 is 0 Å². The Labute approximate surface area is 113 Å². The van der Waals surface area contributed by atoms with Gasteiger partial charge in [-0.25, -0.2) is 0 Å². The van der Waals surface area contributed by atoms with Gasteiger partial charge in [0.05, 0.1) is 0 Å². The summed E-state index contributed by atoms with van der Waals surface area (Å²) in [7, 11) is 0. The molecular formula is C16H32N2. The largest absolute Gasteiger partial charge is 0.329 e. The lowest BCUT2D eigenvalue weighted by Gasteiger charge is -2.41. The molecule has 0 bridgehead atoms. The van der Waals surface area contributed by atoms with E-state index in [4.69, 9.17) is 5.73 Å². The molecule has 0 amide bonds. The zero-order chi connectivity index (χ0) is 13.2. The predicted octanol–water partition coefficient (Wildman–Crippen LogP) is 3.26. The molecule has 106 valence electrons. The Balaban J connectivity index is 2.03. The van der Waals surface area contributed by atoms with Gasteiger partial charge in [0.2, 0.25) is 0 Å². The van der Waals surface area contributed by atoms with Crippen molar-refractivity contribution in [2.45, 2.75) is 64.8 Å². The van der Waals surface area contributed by atoms with Gasteiger partial charge in [-0.1, -0.05) is 33.6 Å². The van der Waals surface area contributed by atoms with Crippen LogP contribution in [0.25, 0.3) is 0 Å². The first-order chi connectivity index (χ1) is 8.57. The van der Waals surface area contributed by atoms with Crippen LogP contribution in [0.1, 0.15) is 59.3 Å². The SMILES string of the molecule is CC1CCCC(CN)(N2CCC(C(C)C)C2)CC1. The summed E-state index contributed by atoms with van der Waals surface area (Å²) in [6.45, 7) is 10.6. The fourth-order valence-electron chi connectivity index (χ4n) is 3.98. The van der Waals surface area contributed by atoms with E-state index in [9.17, 15) is 0 Å². The minimum atomic E-state index is 0.342. The third-order valence-corrected chi connectivity index (χ3v) is 5.66. The molecule has 2 rings (SSSR count). The minimum Gasteiger partial charge on any atom is -0.329 e. The zero-order valence-corrected chi connectivity index (χ0v) is 12.6. The fraction of sp³-hybridized carbons (Fsp3) is 1.00. The standard InChI is InChI=1S/C16H32N2/c1-13(2)15-7-10-18(11-15)16(12-17)8-4-5-14(3)6-9-16/h13-15H,4-12,17H2,1-3H3. The third kappa shape index (κ3) is 2.91. The van der Waals surface area contributed by atoms with E-state index in [2.05, 4.69) is 25.7 Å². The first kappa shape index (κ1) is 14.3. The van der Waals surface area contributed by atoms with Gasteiger partial charge in [-0.2, -0.15) is 0 Å². The Morgan fingerprint density at radius 1 is 1.22 bits per heavy atom. The van der Waals surface area contributed by atoms with E-state index in [0.717, 1.165) is 24.3 Å². The summed E-state index contributed by atoms with van der Waals surface area (Å²) in [5.41, 5.74) is 6.55. The maximum Gasteiger partial charge on any atom is 0.0331 e. The second-order valence-corrected chi connectivity index (χ2v) is 7.20. The summed E-state index contributed by atoms with van der Waals surface area (Å²) in [5, 5.41) is 0. The van der Waals surface area contributed by atoms with Crippen LogP contribution in [0, 0.1) is 17.8 Å². The van der Waals surface area contributed by atoms with Gasteiger partial charge in [0.25, 0.3) is 0 Å². The molecule has 1 saturated carbocycles. The van der Waals surface area contributed by atoms with Gasteiger partial charge in [-0.15, -0.1) is 0 Å². The molecule has 2 nitrogen and oxygen atoms in total. The van der Waals surface area contributed by atoms with Gasteiger partial charge in [0.1, 0.15) is 0 Å². The number of nitrogens with zero attached hydrogens (tertiary/aromatic N) is 1. The monoisotopic (exact) mass is 252 g/mol. The van der Waals surface area contributed by atoms with Crippen molar-refractivity contribution in [3.05, 3.63) is 0 Å². The second-order valence-electron chi connectivity index (χ2n) is 7.20. The molecule has 2 fully saturated rings. The summed E-state index contributed by atoms with van der Waals surface area (Å²) in [6.07, 6.45) is 8.20. The third-order valence-electron chi connectivity index (χ3n) is 5.66. The number of hydrogen-bond acceptors (Lipinski definition) is 2. The summed E-state index contributed by atoms with van der Waals surface area (Å²) >= 11 is 0. The molecule has 1 saturated heterocycles. The first-order valence-electron chi connectivity index (χ1n) is 8.02. The molecule has 1 heterocycles. The molecule has 0 aromatic carbocycles. The highest BCUT2D eigenvalue weighted by molar-refractivity contribution is 4.97. The van der Waals surface area contributed by atoms with Crippen molar-refractivity contribution in [2.24, 2.45) is 23.5 Å². The Kier molecular flexibility index (Phi) is 4.71. The van der Waals surface area contributed by atoms with Crippen LogP contribution in [-0.4, -0.2) is 30.1 Å². The van der Waals surface area contributed by atoms with E-state index < -0.39 is 0 Å². The van der Waals surface area contributed by atoms with Gasteiger partial charge in [-0.3, -0.25) is 4.90 Å². The molecule has 0 radical (unpaired) electrons. The molecule has 2 aliphatic rings. The number of nitrogens with two attached hydrogens (primary N) is 1. The summed E-state index contributed by atoms with van der Waals surface area (Å²) in [6, 6.07) is 0. The average Bonchev–Trinajstić information content (AvgIpc) is 2.76. The van der Waals surface area contributed by atoms with Gasteiger partial charge in [-0.05, 0) is 50.0 Å². The molecule has 0 aromatic heterocycles. The van der Waals surface area contributed by atoms with Crippen molar-refractivity contribution in [3.8, 4) is 0 Å². The van der Waals surface area contributed by atoms with Crippen LogP contribution in [0.15, 0.2) is 0 Å². The molecule has 0 aromatic rings. The maximum absolute atomic E-state index is 6.21. The van der Waals surface area contributed by atoms with Crippen molar-refractivity contribution < 1.29 is 0 Å². The average molecular weight is 252 g/mol. The molecule has 18 heavy (non-hydrogen) atoms. The smallest absolute Gasteiger partial charge is 0.0331 e. The molecule has 2 heteroatoms. The van der Waals surface area contributed by atoms with Crippen LogP contribution >= 0.6 is 0 Å². The lowest BCUT2D eigenvalue weighted by molar-refractivity contribution is 0.0970. The highest BCUT2D eigenvalue weighted by atomic mass is 15.2. The van der Waals surface area contributed by atoms with Crippen LogP contribution in [0.4, 0.5) is 0 Å². The quantitative estimate of drug-likeness (QED) is 0.781. The lowest BCUT2D eigenvalue weighted by Crippen LogP contribution is -2.52. The molecule has 1 aliphatic carbocycles. The molecule has 1 aliphatic heterocycles. The van der Waals surface area contributed by atoms with Crippen LogP contribution in [0.3, 0.4) is 0 Å². The number of rotatable bonds is 3. The highest BCUT2D eigenvalue weighted by Crippen LogP contribution is 2.38. The maximum atomic E-state index is 6.21. The van der Waals surface area contributed by atoms with Crippen LogP contribution in [0.2, 0.25) is 0 Å². The second kappa shape index (κ2) is 5.92. The topological polar surface area (TPSA) is 29.3 Å². The van der Waals surface area contributed by atoms with Crippen molar-refractivity contribution in [2.75, 3.05) is 19.6 Å². The van der Waals surface area contributed by atoms with Gasteiger partial charge < -0.3 is 5.73 Å². The Hall–Kier alpha value is -0.0800. The van der Waals surface area contributed by atoms with Gasteiger partial charge in [0, 0.05) is 18.6 Å². The minimum absolute atomic E-state index is 0.342. The van der Waals surface area contributed by atoms with Crippen LogP contribution < -0.4 is 5.73 Å². The Morgan fingerprint density at radius 3 is 2.61 bits per heavy atom. The number of hydrogen-bond donors (Lipinski definition) is 1. The van der Waals surface area contributed by atoms with E-state index in [1.54, 1.807) is 0 Å². The van der Waals surface area contributed by atoms with Crippen LogP contribution in [-0.2, 0) is 0 Å². The van der Waals surface area contributed by atoms with Gasteiger partial charge in [0.15, 0.2) is 0 Å². The van der Waals surface area contributed by atoms with Crippen LogP contribution in [0.5, 0.6) is 0 Å². The first-order valence-corrected chi connectivity index (χ1v) is 8.02.